The summed E-state index contributed by atoms with van der Waals surface area (Å²) in [7, 11) is 0. The number of halogens is 1. The van der Waals surface area contributed by atoms with Crippen molar-refractivity contribution in [2.24, 2.45) is 0 Å². The highest BCUT2D eigenvalue weighted by Gasteiger charge is 2.24. The lowest BCUT2D eigenvalue weighted by Gasteiger charge is -2.20. The van der Waals surface area contributed by atoms with E-state index in [1.54, 1.807) is 13.1 Å². The molecule has 0 bridgehead atoms. The molecule has 1 rings (SSSR count). The molecule has 1 aromatic rings. The van der Waals surface area contributed by atoms with Crippen LogP contribution < -0.4 is 5.32 Å². The van der Waals surface area contributed by atoms with Gasteiger partial charge in [-0.1, -0.05) is 6.92 Å². The predicted octanol–water partition coefficient (Wildman–Crippen LogP) is 2.84. The summed E-state index contributed by atoms with van der Waals surface area (Å²) in [6.07, 6.45) is 2.62. The number of carbonyl (C=O) groups excluding carboxylic acids is 1. The van der Waals surface area contributed by atoms with Crippen LogP contribution in [0, 0.1) is 0 Å². The minimum atomic E-state index is -0.506. The van der Waals surface area contributed by atoms with Gasteiger partial charge in [-0.2, -0.15) is 0 Å². The number of hydrogen-bond donors (Lipinski definition) is 1. The third-order valence-corrected chi connectivity index (χ3v) is 3.10. The van der Waals surface area contributed by atoms with Crippen LogP contribution in [0.15, 0.2) is 22.8 Å². The van der Waals surface area contributed by atoms with Crippen LogP contribution in [0.5, 0.6) is 0 Å². The van der Waals surface area contributed by atoms with E-state index in [2.05, 4.69) is 33.2 Å². The summed E-state index contributed by atoms with van der Waals surface area (Å²) < 4.78 is 5.97. The van der Waals surface area contributed by atoms with Crippen molar-refractivity contribution >= 4 is 21.9 Å². The Morgan fingerprint density at radius 3 is 2.72 bits per heavy atom. The molecule has 1 N–H and O–H groups in total. The van der Waals surface area contributed by atoms with E-state index >= 15 is 0 Å². The molecule has 0 aliphatic carbocycles. The maximum Gasteiger partial charge on any atom is 0.329 e. The van der Waals surface area contributed by atoms with Crippen LogP contribution in [0.1, 0.15) is 38.9 Å². The van der Waals surface area contributed by atoms with Gasteiger partial charge in [0.2, 0.25) is 0 Å². The van der Waals surface area contributed by atoms with Crippen LogP contribution in [0.3, 0.4) is 0 Å². The first-order chi connectivity index (χ1) is 8.58. The molecule has 0 aromatic carbocycles. The smallest absolute Gasteiger partial charge is 0.329 e. The molecule has 5 heteroatoms. The quantitative estimate of drug-likeness (QED) is 0.820. The molecule has 2 atom stereocenters. The molecule has 0 radical (unpaired) electrons. The van der Waals surface area contributed by atoms with E-state index in [9.17, 15) is 4.79 Å². The van der Waals surface area contributed by atoms with Gasteiger partial charge in [0.15, 0.2) is 0 Å². The molecule has 0 saturated heterocycles. The Morgan fingerprint density at radius 1 is 1.50 bits per heavy atom. The third-order valence-electron chi connectivity index (χ3n) is 2.63. The summed E-state index contributed by atoms with van der Waals surface area (Å²) in [5.41, 5.74) is 0.678. The summed E-state index contributed by atoms with van der Waals surface area (Å²) in [4.78, 5) is 16.2. The van der Waals surface area contributed by atoms with Crippen molar-refractivity contribution < 1.29 is 9.53 Å². The number of hydrogen-bond acceptors (Lipinski definition) is 4. The number of carbonyl (C=O) groups is 1. The van der Waals surface area contributed by atoms with Crippen molar-refractivity contribution in [3.8, 4) is 0 Å². The Kier molecular flexibility index (Phi) is 6.29. The van der Waals surface area contributed by atoms with E-state index in [-0.39, 0.29) is 12.0 Å². The predicted molar refractivity (Wildman–Crippen MR) is 74.2 cm³/mol. The van der Waals surface area contributed by atoms with E-state index in [1.807, 2.05) is 19.1 Å². The zero-order chi connectivity index (χ0) is 13.5. The van der Waals surface area contributed by atoms with E-state index in [4.69, 9.17) is 4.74 Å². The third kappa shape index (κ3) is 4.38. The molecule has 0 aliphatic rings. The van der Waals surface area contributed by atoms with Gasteiger partial charge in [0.1, 0.15) is 6.04 Å². The number of esters is 1. The summed E-state index contributed by atoms with van der Waals surface area (Å²) in [5.74, 6) is -0.285. The second kappa shape index (κ2) is 7.48. The van der Waals surface area contributed by atoms with Gasteiger partial charge in [0.05, 0.1) is 12.3 Å². The second-order valence-electron chi connectivity index (χ2n) is 4.06. The molecule has 0 fully saturated rings. The summed E-state index contributed by atoms with van der Waals surface area (Å²) in [5, 5.41) is 3.23. The highest BCUT2D eigenvalue weighted by atomic mass is 79.9. The number of nitrogens with one attached hydrogen (secondary N) is 1. The van der Waals surface area contributed by atoms with Gasteiger partial charge in [-0.05, 0) is 48.3 Å². The van der Waals surface area contributed by atoms with Crippen molar-refractivity contribution in [1.82, 2.24) is 10.3 Å². The van der Waals surface area contributed by atoms with Crippen molar-refractivity contribution in [2.75, 3.05) is 6.61 Å². The largest absolute Gasteiger partial charge is 0.465 e. The average molecular weight is 315 g/mol. The van der Waals surface area contributed by atoms with Crippen molar-refractivity contribution in [2.45, 2.75) is 39.3 Å². The Hall–Kier alpha value is -0.940. The van der Waals surface area contributed by atoms with Gasteiger partial charge >= 0.3 is 5.97 Å². The molecular weight excluding hydrogens is 296 g/mol. The maximum absolute atomic E-state index is 11.9. The van der Waals surface area contributed by atoms with Gasteiger partial charge < -0.3 is 4.74 Å². The Balaban J connectivity index is 2.88. The fourth-order valence-electron chi connectivity index (χ4n) is 1.46. The summed E-state index contributed by atoms with van der Waals surface area (Å²) in [6, 6.07) is 3.41. The van der Waals surface area contributed by atoms with Gasteiger partial charge in [0.25, 0.3) is 0 Å². The van der Waals surface area contributed by atoms with Crippen LogP contribution in [-0.2, 0) is 9.53 Å². The van der Waals surface area contributed by atoms with Gasteiger partial charge in [0, 0.05) is 16.7 Å². The van der Waals surface area contributed by atoms with Gasteiger partial charge in [-0.25, -0.2) is 4.79 Å². The molecule has 18 heavy (non-hydrogen) atoms. The zero-order valence-corrected chi connectivity index (χ0v) is 12.5. The number of nitrogens with zero attached hydrogens (tertiary/aromatic N) is 1. The molecule has 100 valence electrons. The first kappa shape index (κ1) is 15.1. The lowest BCUT2D eigenvalue weighted by Crippen LogP contribution is -2.36. The first-order valence-corrected chi connectivity index (χ1v) is 6.91. The first-order valence-electron chi connectivity index (χ1n) is 6.12. The van der Waals surface area contributed by atoms with E-state index in [0.717, 1.165) is 10.9 Å². The molecule has 0 spiro atoms. The standard InChI is InChI=1S/C13H19BrN2O2/c1-4-9(3)16-12(13(17)18-5-2)11-7-6-10(14)8-15-11/h6-9,12,16H,4-5H2,1-3H3. The van der Waals surface area contributed by atoms with Crippen LogP contribution >= 0.6 is 15.9 Å². The SMILES string of the molecule is CCOC(=O)C(NC(C)CC)c1ccc(Br)cn1. The lowest BCUT2D eigenvalue weighted by atomic mass is 10.1. The average Bonchev–Trinajstić information content (AvgIpc) is 2.37. The highest BCUT2D eigenvalue weighted by molar-refractivity contribution is 9.10. The number of pyridine rings is 1. The van der Waals surface area contributed by atoms with Crippen molar-refractivity contribution in [3.05, 3.63) is 28.5 Å². The van der Waals surface area contributed by atoms with Crippen LogP contribution in [-0.4, -0.2) is 23.6 Å². The number of rotatable bonds is 6. The molecule has 4 nitrogen and oxygen atoms in total. The second-order valence-corrected chi connectivity index (χ2v) is 4.98. The Morgan fingerprint density at radius 2 is 2.22 bits per heavy atom. The van der Waals surface area contributed by atoms with Gasteiger partial charge in [-0.3, -0.25) is 10.3 Å². The maximum atomic E-state index is 11.9. The Labute approximate surface area is 116 Å². The van der Waals surface area contributed by atoms with E-state index in [1.165, 1.54) is 0 Å². The minimum absolute atomic E-state index is 0.227. The molecule has 2 unspecified atom stereocenters. The van der Waals surface area contributed by atoms with Crippen LogP contribution in [0.2, 0.25) is 0 Å². The fourth-order valence-corrected chi connectivity index (χ4v) is 1.69. The Bertz CT molecular complexity index is 381. The number of aromatic nitrogens is 1. The normalized spacial score (nSPS) is 14.0. The van der Waals surface area contributed by atoms with Gasteiger partial charge in [-0.15, -0.1) is 0 Å². The monoisotopic (exact) mass is 314 g/mol. The lowest BCUT2D eigenvalue weighted by molar-refractivity contribution is -0.146. The summed E-state index contributed by atoms with van der Waals surface area (Å²) >= 11 is 3.33. The minimum Gasteiger partial charge on any atom is -0.465 e. The molecule has 0 amide bonds. The molecular formula is C13H19BrN2O2. The van der Waals surface area contributed by atoms with Crippen molar-refractivity contribution in [3.63, 3.8) is 0 Å². The topological polar surface area (TPSA) is 51.2 Å². The molecule has 0 aliphatic heterocycles. The van der Waals surface area contributed by atoms with Crippen LogP contribution in [0.25, 0.3) is 0 Å². The fraction of sp³-hybridized carbons (Fsp3) is 0.538. The zero-order valence-electron chi connectivity index (χ0n) is 10.9. The number of ether oxygens (including phenoxy) is 1. The van der Waals surface area contributed by atoms with Crippen molar-refractivity contribution in [1.29, 1.82) is 0 Å². The van der Waals surface area contributed by atoms with Crippen LogP contribution in [0.4, 0.5) is 0 Å². The molecule has 1 heterocycles. The molecule has 1 aromatic heterocycles. The summed E-state index contributed by atoms with van der Waals surface area (Å²) in [6.45, 7) is 6.27. The van der Waals surface area contributed by atoms with E-state index < -0.39 is 6.04 Å². The molecule has 0 saturated carbocycles. The van der Waals surface area contributed by atoms with E-state index in [0.29, 0.717) is 12.3 Å². The highest BCUT2D eigenvalue weighted by Crippen LogP contribution is 2.16.